The summed E-state index contributed by atoms with van der Waals surface area (Å²) < 4.78 is 25.5. The first-order chi connectivity index (χ1) is 11.9. The third-order valence-corrected chi connectivity index (χ3v) is 5.00. The van der Waals surface area contributed by atoms with Crippen LogP contribution in [0.5, 0.6) is 0 Å². The maximum absolute atomic E-state index is 12.1. The summed E-state index contributed by atoms with van der Waals surface area (Å²) in [6.07, 6.45) is 2.88. The van der Waals surface area contributed by atoms with Crippen LogP contribution in [-0.4, -0.2) is 69.2 Å². The molecule has 1 saturated heterocycles. The first-order valence-electron chi connectivity index (χ1n) is 9.26. The van der Waals surface area contributed by atoms with Crippen LogP contribution < -0.4 is 15.4 Å². The zero-order chi connectivity index (χ0) is 20.0. The Kier molecular flexibility index (Phi) is 8.33. The van der Waals surface area contributed by atoms with E-state index in [0.29, 0.717) is 12.5 Å². The molecule has 0 atom stereocenters. The summed E-state index contributed by atoms with van der Waals surface area (Å²) in [7, 11) is -3.29. The predicted octanol–water partition coefficient (Wildman–Crippen LogP) is 0.516. The SMILES string of the molecule is CCNC(=NCC(C)(C)NS(C)(=O)=O)NC1CCN(C(=O)C(C)C)CC1. The number of piperidine rings is 1. The lowest BCUT2D eigenvalue weighted by atomic mass is 10.0. The molecule has 0 aromatic rings. The van der Waals surface area contributed by atoms with Crippen LogP contribution in [0.4, 0.5) is 0 Å². The van der Waals surface area contributed by atoms with Gasteiger partial charge in [0.1, 0.15) is 0 Å². The number of amides is 1. The molecule has 0 unspecified atom stereocenters. The molecule has 0 bridgehead atoms. The second-order valence-electron chi connectivity index (χ2n) is 7.85. The first-order valence-corrected chi connectivity index (χ1v) is 11.1. The molecule has 0 radical (unpaired) electrons. The molecule has 152 valence electrons. The molecular weight excluding hydrogens is 354 g/mol. The zero-order valence-electron chi connectivity index (χ0n) is 16.9. The van der Waals surface area contributed by atoms with E-state index in [0.717, 1.165) is 38.7 Å². The number of nitrogens with zero attached hydrogens (tertiary/aromatic N) is 2. The minimum atomic E-state index is -3.29. The molecule has 0 aromatic heterocycles. The van der Waals surface area contributed by atoms with Crippen LogP contribution in [0.15, 0.2) is 4.99 Å². The van der Waals surface area contributed by atoms with Crippen molar-refractivity contribution in [2.24, 2.45) is 10.9 Å². The number of rotatable bonds is 7. The Hall–Kier alpha value is -1.35. The molecule has 1 rings (SSSR count). The molecule has 9 heteroatoms. The molecule has 8 nitrogen and oxygen atoms in total. The Balaban J connectivity index is 2.62. The van der Waals surface area contributed by atoms with Crippen molar-refractivity contribution in [3.8, 4) is 0 Å². The molecule has 1 heterocycles. The van der Waals surface area contributed by atoms with Crippen molar-refractivity contribution in [2.45, 2.75) is 59.0 Å². The number of nitrogens with one attached hydrogen (secondary N) is 3. The first kappa shape index (κ1) is 22.7. The van der Waals surface area contributed by atoms with E-state index in [9.17, 15) is 13.2 Å². The largest absolute Gasteiger partial charge is 0.357 e. The number of carbonyl (C=O) groups is 1. The highest BCUT2D eigenvalue weighted by atomic mass is 32.2. The summed E-state index contributed by atoms with van der Waals surface area (Å²) in [6, 6.07) is 0.245. The summed E-state index contributed by atoms with van der Waals surface area (Å²) in [5.41, 5.74) is -0.664. The molecule has 1 amide bonds. The fourth-order valence-electron chi connectivity index (χ4n) is 2.93. The average Bonchev–Trinajstić information content (AvgIpc) is 2.50. The number of likely N-dealkylation sites (tertiary alicyclic amines) is 1. The van der Waals surface area contributed by atoms with Gasteiger partial charge in [0.2, 0.25) is 15.9 Å². The Bertz CT molecular complexity index is 594. The van der Waals surface area contributed by atoms with Crippen LogP contribution in [0, 0.1) is 5.92 Å². The zero-order valence-corrected chi connectivity index (χ0v) is 17.7. The molecule has 0 spiro atoms. The van der Waals surface area contributed by atoms with E-state index in [1.165, 1.54) is 0 Å². The van der Waals surface area contributed by atoms with Gasteiger partial charge in [0.05, 0.1) is 12.8 Å². The summed E-state index contributed by atoms with van der Waals surface area (Å²) in [5, 5.41) is 6.60. The summed E-state index contributed by atoms with van der Waals surface area (Å²) in [5.74, 6) is 0.908. The number of carbonyl (C=O) groups excluding carboxylic acids is 1. The highest BCUT2D eigenvalue weighted by Crippen LogP contribution is 2.13. The van der Waals surface area contributed by atoms with Crippen LogP contribution in [0.1, 0.15) is 47.5 Å². The van der Waals surface area contributed by atoms with Crippen LogP contribution in [0.3, 0.4) is 0 Å². The van der Waals surface area contributed by atoms with Gasteiger partial charge in [-0.3, -0.25) is 9.79 Å². The monoisotopic (exact) mass is 389 g/mol. The number of hydrogen-bond acceptors (Lipinski definition) is 4. The Morgan fingerprint density at radius 1 is 1.27 bits per heavy atom. The molecule has 1 aliphatic heterocycles. The Morgan fingerprint density at radius 2 is 1.85 bits per heavy atom. The fraction of sp³-hybridized carbons (Fsp3) is 0.882. The van der Waals surface area contributed by atoms with Gasteiger partial charge in [-0.05, 0) is 33.6 Å². The normalized spacial score (nSPS) is 17.5. The van der Waals surface area contributed by atoms with Crippen molar-refractivity contribution in [1.29, 1.82) is 0 Å². The number of sulfonamides is 1. The van der Waals surface area contributed by atoms with Crippen molar-refractivity contribution >= 4 is 21.9 Å². The van der Waals surface area contributed by atoms with Crippen LogP contribution >= 0.6 is 0 Å². The van der Waals surface area contributed by atoms with Gasteiger partial charge >= 0.3 is 0 Å². The number of aliphatic imine (C=N–C) groups is 1. The molecule has 3 N–H and O–H groups in total. The summed E-state index contributed by atoms with van der Waals surface area (Å²) in [6.45, 7) is 12.0. The van der Waals surface area contributed by atoms with E-state index in [2.05, 4.69) is 20.3 Å². The lowest BCUT2D eigenvalue weighted by molar-refractivity contribution is -0.135. The van der Waals surface area contributed by atoms with Crippen LogP contribution in [0.2, 0.25) is 0 Å². The van der Waals surface area contributed by atoms with E-state index in [1.807, 2.05) is 25.7 Å². The molecule has 0 saturated carbocycles. The standard InChI is InChI=1S/C17H35N5O3S/c1-7-18-16(19-12-17(4,5)21-26(6,24)25)20-14-8-10-22(11-9-14)15(23)13(2)3/h13-14,21H,7-12H2,1-6H3,(H2,18,19,20). The number of guanidine groups is 1. The van der Waals surface area contributed by atoms with Gasteiger partial charge in [-0.2, -0.15) is 0 Å². The maximum atomic E-state index is 12.1. The van der Waals surface area contributed by atoms with Crippen molar-refractivity contribution in [3.05, 3.63) is 0 Å². The van der Waals surface area contributed by atoms with E-state index < -0.39 is 15.6 Å². The molecule has 0 aromatic carbocycles. The van der Waals surface area contributed by atoms with Gasteiger partial charge in [-0.15, -0.1) is 0 Å². The van der Waals surface area contributed by atoms with E-state index in [4.69, 9.17) is 0 Å². The molecular formula is C17H35N5O3S. The third-order valence-electron chi connectivity index (χ3n) is 4.08. The average molecular weight is 390 g/mol. The number of hydrogen-bond donors (Lipinski definition) is 3. The van der Waals surface area contributed by atoms with Crippen molar-refractivity contribution in [1.82, 2.24) is 20.3 Å². The molecule has 1 fully saturated rings. The minimum Gasteiger partial charge on any atom is -0.357 e. The van der Waals surface area contributed by atoms with Gasteiger partial charge in [0, 0.05) is 37.1 Å². The second-order valence-corrected chi connectivity index (χ2v) is 9.60. The lowest BCUT2D eigenvalue weighted by Crippen LogP contribution is -2.51. The predicted molar refractivity (Wildman–Crippen MR) is 106 cm³/mol. The van der Waals surface area contributed by atoms with E-state index in [1.54, 1.807) is 13.8 Å². The van der Waals surface area contributed by atoms with Gasteiger partial charge in [-0.25, -0.2) is 13.1 Å². The van der Waals surface area contributed by atoms with Gasteiger partial charge in [0.15, 0.2) is 5.96 Å². The summed E-state index contributed by atoms with van der Waals surface area (Å²) in [4.78, 5) is 18.5. The van der Waals surface area contributed by atoms with Crippen LogP contribution in [0.25, 0.3) is 0 Å². The van der Waals surface area contributed by atoms with Gasteiger partial charge in [0.25, 0.3) is 0 Å². The second kappa shape index (κ2) is 9.55. The maximum Gasteiger partial charge on any atom is 0.225 e. The lowest BCUT2D eigenvalue weighted by Gasteiger charge is -2.34. The van der Waals surface area contributed by atoms with E-state index in [-0.39, 0.29) is 17.9 Å². The highest BCUT2D eigenvalue weighted by molar-refractivity contribution is 7.88. The Labute approximate surface area is 158 Å². The van der Waals surface area contributed by atoms with Crippen molar-refractivity contribution in [2.75, 3.05) is 32.4 Å². The molecule has 1 aliphatic rings. The highest BCUT2D eigenvalue weighted by Gasteiger charge is 2.25. The van der Waals surface area contributed by atoms with Gasteiger partial charge < -0.3 is 15.5 Å². The van der Waals surface area contributed by atoms with E-state index >= 15 is 0 Å². The van der Waals surface area contributed by atoms with Crippen LogP contribution in [-0.2, 0) is 14.8 Å². The van der Waals surface area contributed by atoms with Gasteiger partial charge in [-0.1, -0.05) is 13.8 Å². The molecule has 0 aliphatic carbocycles. The topological polar surface area (TPSA) is 103 Å². The molecule has 26 heavy (non-hydrogen) atoms. The quantitative estimate of drug-likeness (QED) is 0.435. The Morgan fingerprint density at radius 3 is 2.31 bits per heavy atom. The third kappa shape index (κ3) is 8.35. The van der Waals surface area contributed by atoms with Crippen molar-refractivity contribution < 1.29 is 13.2 Å². The van der Waals surface area contributed by atoms with Crippen molar-refractivity contribution in [3.63, 3.8) is 0 Å². The minimum absolute atomic E-state index is 0.0305. The smallest absolute Gasteiger partial charge is 0.225 e. The summed E-state index contributed by atoms with van der Waals surface area (Å²) >= 11 is 0. The fourth-order valence-corrected chi connectivity index (χ4v) is 4.00.